The van der Waals surface area contributed by atoms with E-state index in [4.69, 9.17) is 5.73 Å². The molecule has 0 aromatic heterocycles. The van der Waals surface area contributed by atoms with Crippen molar-refractivity contribution in [3.63, 3.8) is 0 Å². The molecule has 76 valence electrons. The van der Waals surface area contributed by atoms with Gasteiger partial charge in [0.2, 0.25) is 0 Å². The van der Waals surface area contributed by atoms with E-state index in [1.165, 1.54) is 25.0 Å². The van der Waals surface area contributed by atoms with E-state index in [1.807, 2.05) is 12.1 Å². The monoisotopic (exact) mass is 193 g/mol. The van der Waals surface area contributed by atoms with Crippen molar-refractivity contribution >= 4 is 0 Å². The van der Waals surface area contributed by atoms with E-state index in [0.717, 1.165) is 24.3 Å². The van der Waals surface area contributed by atoms with Gasteiger partial charge in [-0.25, -0.2) is 4.39 Å². The summed E-state index contributed by atoms with van der Waals surface area (Å²) in [6.45, 7) is 0. The van der Waals surface area contributed by atoms with Gasteiger partial charge in [-0.3, -0.25) is 0 Å². The van der Waals surface area contributed by atoms with E-state index in [-0.39, 0.29) is 11.9 Å². The first kappa shape index (κ1) is 9.66. The topological polar surface area (TPSA) is 26.0 Å². The highest BCUT2D eigenvalue weighted by Crippen LogP contribution is 2.33. The first-order valence-corrected chi connectivity index (χ1v) is 5.24. The second kappa shape index (κ2) is 4.09. The van der Waals surface area contributed by atoms with Crippen LogP contribution in [-0.4, -0.2) is 6.04 Å². The molecule has 1 nitrogen and oxygen atoms in total. The number of nitrogens with two attached hydrogens (primary N) is 1. The van der Waals surface area contributed by atoms with Crippen LogP contribution in [0.4, 0.5) is 4.39 Å². The number of benzene rings is 1. The molecule has 0 saturated heterocycles. The van der Waals surface area contributed by atoms with Gasteiger partial charge < -0.3 is 5.73 Å². The predicted molar refractivity (Wildman–Crippen MR) is 55.4 cm³/mol. The molecule has 2 N–H and O–H groups in total. The lowest BCUT2D eigenvalue weighted by Gasteiger charge is -2.10. The maximum Gasteiger partial charge on any atom is 0.123 e. The molecule has 14 heavy (non-hydrogen) atoms. The Hall–Kier alpha value is -0.890. The molecule has 1 saturated carbocycles. The molecule has 0 spiro atoms. The highest BCUT2D eigenvalue weighted by atomic mass is 19.1. The molecule has 2 rings (SSSR count). The number of halogens is 1. The smallest absolute Gasteiger partial charge is 0.123 e. The summed E-state index contributed by atoms with van der Waals surface area (Å²) in [6.07, 6.45) is 4.68. The quantitative estimate of drug-likeness (QED) is 0.781. The Bertz CT molecular complexity index is 290. The van der Waals surface area contributed by atoms with Crippen LogP contribution in [0.25, 0.3) is 0 Å². The average Bonchev–Trinajstić information content (AvgIpc) is 2.93. The van der Waals surface area contributed by atoms with Gasteiger partial charge in [0.05, 0.1) is 0 Å². The van der Waals surface area contributed by atoms with E-state index >= 15 is 0 Å². The molecule has 1 atom stereocenters. The van der Waals surface area contributed by atoms with Crippen LogP contribution in [0.15, 0.2) is 24.3 Å². The summed E-state index contributed by atoms with van der Waals surface area (Å²) >= 11 is 0. The molecule has 0 aliphatic heterocycles. The lowest BCUT2D eigenvalue weighted by molar-refractivity contribution is 0.565. The molecule has 1 aromatic rings. The van der Waals surface area contributed by atoms with Gasteiger partial charge >= 0.3 is 0 Å². The van der Waals surface area contributed by atoms with Crippen LogP contribution in [0.3, 0.4) is 0 Å². The first-order valence-electron chi connectivity index (χ1n) is 5.24. The van der Waals surface area contributed by atoms with Gasteiger partial charge in [0.1, 0.15) is 5.82 Å². The van der Waals surface area contributed by atoms with Crippen molar-refractivity contribution in [1.82, 2.24) is 0 Å². The Kier molecular flexibility index (Phi) is 2.82. The summed E-state index contributed by atoms with van der Waals surface area (Å²) in [7, 11) is 0. The third-order valence-electron chi connectivity index (χ3n) is 2.74. The van der Waals surface area contributed by atoms with Crippen molar-refractivity contribution < 1.29 is 4.39 Å². The maximum absolute atomic E-state index is 12.6. The van der Waals surface area contributed by atoms with Crippen LogP contribution < -0.4 is 5.73 Å². The highest BCUT2D eigenvalue weighted by Gasteiger charge is 2.23. The third kappa shape index (κ3) is 2.81. The Labute approximate surface area is 84.1 Å². The minimum Gasteiger partial charge on any atom is -0.327 e. The van der Waals surface area contributed by atoms with Gasteiger partial charge in [-0.05, 0) is 36.5 Å². The average molecular weight is 193 g/mol. The van der Waals surface area contributed by atoms with Crippen molar-refractivity contribution in [3.8, 4) is 0 Å². The Morgan fingerprint density at radius 2 is 1.93 bits per heavy atom. The Balaban J connectivity index is 1.85. The van der Waals surface area contributed by atoms with Crippen LogP contribution >= 0.6 is 0 Å². The number of hydrogen-bond donors (Lipinski definition) is 1. The van der Waals surface area contributed by atoms with Gasteiger partial charge in [-0.2, -0.15) is 0 Å². The lowest BCUT2D eigenvalue weighted by atomic mass is 10.0. The normalized spacial score (nSPS) is 18.1. The predicted octanol–water partition coefficient (Wildman–Crippen LogP) is 2.50. The van der Waals surface area contributed by atoms with E-state index < -0.39 is 0 Å². The van der Waals surface area contributed by atoms with Crippen LogP contribution in [0.5, 0.6) is 0 Å². The first-order chi connectivity index (χ1) is 6.74. The minimum absolute atomic E-state index is 0.176. The van der Waals surface area contributed by atoms with Crippen LogP contribution in [-0.2, 0) is 6.42 Å². The largest absolute Gasteiger partial charge is 0.327 e. The van der Waals surface area contributed by atoms with Gasteiger partial charge in [0.15, 0.2) is 0 Å². The van der Waals surface area contributed by atoms with E-state index in [1.54, 1.807) is 0 Å². The van der Waals surface area contributed by atoms with Crippen molar-refractivity contribution in [2.45, 2.75) is 31.7 Å². The molecule has 0 heterocycles. The van der Waals surface area contributed by atoms with Crippen LogP contribution in [0.1, 0.15) is 24.8 Å². The molecule has 2 heteroatoms. The SMILES string of the molecule is NC(Cc1ccc(F)cc1)CC1CC1. The molecule has 0 bridgehead atoms. The third-order valence-corrected chi connectivity index (χ3v) is 2.74. The molecule has 1 fully saturated rings. The van der Waals surface area contributed by atoms with Crippen molar-refractivity contribution in [3.05, 3.63) is 35.6 Å². The molecule has 1 unspecified atom stereocenters. The molecule has 1 aromatic carbocycles. The molecule has 1 aliphatic carbocycles. The summed E-state index contributed by atoms with van der Waals surface area (Å²) < 4.78 is 12.6. The number of hydrogen-bond acceptors (Lipinski definition) is 1. The fourth-order valence-electron chi connectivity index (χ4n) is 1.79. The Morgan fingerprint density at radius 1 is 1.29 bits per heavy atom. The molecule has 0 amide bonds. The van der Waals surface area contributed by atoms with E-state index in [0.29, 0.717) is 0 Å². The van der Waals surface area contributed by atoms with Crippen LogP contribution in [0, 0.1) is 11.7 Å². The zero-order valence-corrected chi connectivity index (χ0v) is 8.25. The highest BCUT2D eigenvalue weighted by molar-refractivity contribution is 5.17. The molecular weight excluding hydrogens is 177 g/mol. The minimum atomic E-state index is -0.176. The standard InChI is InChI=1S/C12H16FN/c13-11-5-3-10(4-6-11)8-12(14)7-9-1-2-9/h3-6,9,12H,1-2,7-8,14H2. The van der Waals surface area contributed by atoms with E-state index in [9.17, 15) is 4.39 Å². The van der Waals surface area contributed by atoms with Crippen molar-refractivity contribution in [2.24, 2.45) is 11.7 Å². The van der Waals surface area contributed by atoms with E-state index in [2.05, 4.69) is 0 Å². The lowest BCUT2D eigenvalue weighted by Crippen LogP contribution is -2.23. The second-order valence-electron chi connectivity index (χ2n) is 4.27. The van der Waals surface area contributed by atoms with Gasteiger partial charge in [0.25, 0.3) is 0 Å². The number of rotatable bonds is 4. The van der Waals surface area contributed by atoms with Gasteiger partial charge in [-0.15, -0.1) is 0 Å². The summed E-state index contributed by atoms with van der Waals surface area (Å²) in [5, 5.41) is 0. The van der Waals surface area contributed by atoms with Gasteiger partial charge in [-0.1, -0.05) is 25.0 Å². The Morgan fingerprint density at radius 3 is 2.50 bits per heavy atom. The van der Waals surface area contributed by atoms with Crippen LogP contribution in [0.2, 0.25) is 0 Å². The maximum atomic E-state index is 12.6. The second-order valence-corrected chi connectivity index (χ2v) is 4.27. The summed E-state index contributed by atoms with van der Waals surface area (Å²) in [5.74, 6) is 0.690. The molecular formula is C12H16FN. The molecule has 1 aliphatic rings. The fraction of sp³-hybridized carbons (Fsp3) is 0.500. The summed E-state index contributed by atoms with van der Waals surface area (Å²) in [6, 6.07) is 6.88. The summed E-state index contributed by atoms with van der Waals surface area (Å²) in [5.41, 5.74) is 7.13. The van der Waals surface area contributed by atoms with Crippen molar-refractivity contribution in [2.75, 3.05) is 0 Å². The zero-order valence-electron chi connectivity index (χ0n) is 8.25. The summed E-state index contributed by atoms with van der Waals surface area (Å²) in [4.78, 5) is 0. The zero-order chi connectivity index (χ0) is 9.97. The van der Waals surface area contributed by atoms with Gasteiger partial charge in [0, 0.05) is 6.04 Å². The van der Waals surface area contributed by atoms with Crippen molar-refractivity contribution in [1.29, 1.82) is 0 Å². The fourth-order valence-corrected chi connectivity index (χ4v) is 1.79. The molecule has 0 radical (unpaired) electrons.